The van der Waals surface area contributed by atoms with Crippen LogP contribution >= 0.6 is 11.6 Å². The van der Waals surface area contributed by atoms with Gasteiger partial charge in [-0.3, -0.25) is 4.79 Å². The molecule has 2 atom stereocenters. The van der Waals surface area contributed by atoms with Gasteiger partial charge in [0.05, 0.1) is 5.92 Å². The number of likely N-dealkylation sites (tertiary alicyclic amines) is 1. The highest BCUT2D eigenvalue weighted by atomic mass is 35.5. The summed E-state index contributed by atoms with van der Waals surface area (Å²) in [5.41, 5.74) is 1.12. The Kier molecular flexibility index (Phi) is 6.43. The molecule has 2 unspecified atom stereocenters. The number of hydrogen-bond donors (Lipinski definition) is 0. The molecule has 3 rings (SSSR count). The van der Waals surface area contributed by atoms with E-state index in [1.807, 2.05) is 29.2 Å². The highest BCUT2D eigenvalue weighted by Crippen LogP contribution is 2.30. The van der Waals surface area contributed by atoms with Crippen LogP contribution in [0.3, 0.4) is 0 Å². The summed E-state index contributed by atoms with van der Waals surface area (Å²) in [4.78, 5) is 19.3. The lowest BCUT2D eigenvalue weighted by Crippen LogP contribution is -2.40. The zero-order valence-corrected chi connectivity index (χ0v) is 18.0. The minimum absolute atomic E-state index is 0.101. The summed E-state index contributed by atoms with van der Waals surface area (Å²) in [5, 5.41) is 4.79. The van der Waals surface area contributed by atoms with Crippen LogP contribution in [0.5, 0.6) is 0 Å². The van der Waals surface area contributed by atoms with Crippen LogP contribution in [0, 0.1) is 11.3 Å². The van der Waals surface area contributed by atoms with Crippen LogP contribution in [0.1, 0.15) is 65.2 Å². The minimum atomic E-state index is 0.101. The van der Waals surface area contributed by atoms with E-state index in [4.69, 9.17) is 16.1 Å². The van der Waals surface area contributed by atoms with Crippen molar-refractivity contribution in [1.29, 1.82) is 0 Å². The van der Waals surface area contributed by atoms with E-state index < -0.39 is 0 Å². The van der Waals surface area contributed by atoms with E-state index in [0.717, 1.165) is 31.4 Å². The first kappa shape index (κ1) is 20.8. The zero-order valence-electron chi connectivity index (χ0n) is 17.2. The molecule has 0 bridgehead atoms. The monoisotopic (exact) mass is 403 g/mol. The van der Waals surface area contributed by atoms with E-state index in [0.29, 0.717) is 35.6 Å². The van der Waals surface area contributed by atoms with Crippen LogP contribution in [0.2, 0.25) is 5.02 Å². The summed E-state index contributed by atoms with van der Waals surface area (Å²) in [5.74, 6) is 1.90. The molecule has 0 N–H and O–H groups in total. The third-order valence-electron chi connectivity index (χ3n) is 5.15. The first-order chi connectivity index (χ1) is 13.2. The quantitative estimate of drug-likeness (QED) is 0.655. The molecule has 1 aromatic heterocycles. The maximum atomic E-state index is 12.8. The molecule has 2 aromatic rings. The van der Waals surface area contributed by atoms with E-state index in [2.05, 4.69) is 37.8 Å². The van der Waals surface area contributed by atoms with Gasteiger partial charge in [-0.2, -0.15) is 4.98 Å². The van der Waals surface area contributed by atoms with E-state index in [-0.39, 0.29) is 17.2 Å². The molecule has 0 aliphatic carbocycles. The fourth-order valence-electron chi connectivity index (χ4n) is 4.07. The fourth-order valence-corrected chi connectivity index (χ4v) is 4.19. The van der Waals surface area contributed by atoms with Crippen molar-refractivity contribution in [2.45, 2.75) is 59.3 Å². The molecule has 1 amide bonds. The predicted octanol–water partition coefficient (Wildman–Crippen LogP) is 5.56. The number of aromatic nitrogens is 2. The summed E-state index contributed by atoms with van der Waals surface area (Å²) in [6, 6.07) is 7.38. The summed E-state index contributed by atoms with van der Waals surface area (Å²) in [6.07, 6.45) is 3.57. The van der Waals surface area contributed by atoms with Crippen molar-refractivity contribution in [3.05, 3.63) is 35.2 Å². The van der Waals surface area contributed by atoms with Crippen molar-refractivity contribution >= 4 is 17.5 Å². The number of amides is 1. The van der Waals surface area contributed by atoms with Crippen molar-refractivity contribution < 1.29 is 9.32 Å². The van der Waals surface area contributed by atoms with Crippen LogP contribution in [0.4, 0.5) is 0 Å². The Morgan fingerprint density at radius 1 is 1.32 bits per heavy atom. The maximum absolute atomic E-state index is 12.8. The van der Waals surface area contributed by atoms with Gasteiger partial charge in [0.15, 0.2) is 0 Å². The Labute approximate surface area is 172 Å². The van der Waals surface area contributed by atoms with Crippen molar-refractivity contribution in [2.24, 2.45) is 11.3 Å². The van der Waals surface area contributed by atoms with Crippen molar-refractivity contribution in [2.75, 3.05) is 13.1 Å². The normalized spacial score (nSPS) is 18.9. The highest BCUT2D eigenvalue weighted by molar-refractivity contribution is 6.30. The number of piperidine rings is 1. The van der Waals surface area contributed by atoms with Gasteiger partial charge in [-0.05, 0) is 54.9 Å². The molecule has 152 valence electrons. The Bertz CT molecular complexity index is 795. The van der Waals surface area contributed by atoms with E-state index >= 15 is 0 Å². The molecular weight excluding hydrogens is 374 g/mol. The van der Waals surface area contributed by atoms with Gasteiger partial charge in [0.2, 0.25) is 17.6 Å². The van der Waals surface area contributed by atoms with Gasteiger partial charge in [-0.25, -0.2) is 0 Å². The molecule has 0 radical (unpaired) electrons. The van der Waals surface area contributed by atoms with Gasteiger partial charge >= 0.3 is 0 Å². The largest absolute Gasteiger partial charge is 0.342 e. The first-order valence-corrected chi connectivity index (χ1v) is 10.5. The highest BCUT2D eigenvalue weighted by Gasteiger charge is 2.29. The van der Waals surface area contributed by atoms with E-state index in [1.165, 1.54) is 0 Å². The molecule has 0 spiro atoms. The lowest BCUT2D eigenvalue weighted by molar-refractivity contribution is -0.133. The number of carbonyl (C=O) groups excluding carboxylic acids is 1. The summed E-state index contributed by atoms with van der Waals surface area (Å²) >= 11 is 5.94. The average molecular weight is 404 g/mol. The number of benzene rings is 1. The summed E-state index contributed by atoms with van der Waals surface area (Å²) in [6.45, 7) is 10.3. The van der Waals surface area contributed by atoms with Crippen LogP contribution < -0.4 is 0 Å². The molecule has 28 heavy (non-hydrogen) atoms. The van der Waals surface area contributed by atoms with Crippen molar-refractivity contribution in [3.63, 3.8) is 0 Å². The standard InChI is InChI=1S/C22H30ClN3O2/c1-15(13-22(2,3)4)12-19(27)26-11-5-6-17(14-26)21-24-20(25-28-21)16-7-9-18(23)10-8-16/h7-10,15,17H,5-6,11-14H2,1-4H3. The molecule has 1 aliphatic rings. The van der Waals surface area contributed by atoms with E-state index in [9.17, 15) is 4.79 Å². The van der Waals surface area contributed by atoms with Crippen LogP contribution in [0.25, 0.3) is 11.4 Å². The van der Waals surface area contributed by atoms with Gasteiger partial charge in [0, 0.05) is 30.1 Å². The Morgan fingerprint density at radius 2 is 2.04 bits per heavy atom. The van der Waals surface area contributed by atoms with Crippen LogP contribution in [0.15, 0.2) is 28.8 Å². The SMILES string of the molecule is CC(CC(=O)N1CCCC(c2nc(-c3ccc(Cl)cc3)no2)C1)CC(C)(C)C. The molecule has 5 nitrogen and oxygen atoms in total. The summed E-state index contributed by atoms with van der Waals surface area (Å²) in [7, 11) is 0. The summed E-state index contributed by atoms with van der Waals surface area (Å²) < 4.78 is 5.53. The van der Waals surface area contributed by atoms with Gasteiger partial charge in [-0.15, -0.1) is 0 Å². The Balaban J connectivity index is 1.62. The molecule has 1 aliphatic heterocycles. The smallest absolute Gasteiger partial charge is 0.231 e. The maximum Gasteiger partial charge on any atom is 0.231 e. The lowest BCUT2D eigenvalue weighted by atomic mass is 9.84. The Hall–Kier alpha value is -1.88. The number of hydrogen-bond acceptors (Lipinski definition) is 4. The molecule has 2 heterocycles. The van der Waals surface area contributed by atoms with Crippen LogP contribution in [-0.2, 0) is 4.79 Å². The van der Waals surface area contributed by atoms with Gasteiger partial charge in [0.25, 0.3) is 0 Å². The van der Waals surface area contributed by atoms with E-state index in [1.54, 1.807) is 0 Å². The average Bonchev–Trinajstić information content (AvgIpc) is 3.11. The molecule has 1 aromatic carbocycles. The number of nitrogens with zero attached hydrogens (tertiary/aromatic N) is 3. The third kappa shape index (κ3) is 5.57. The third-order valence-corrected chi connectivity index (χ3v) is 5.40. The van der Waals surface area contributed by atoms with Crippen molar-refractivity contribution in [3.8, 4) is 11.4 Å². The minimum Gasteiger partial charge on any atom is -0.342 e. The number of rotatable bonds is 5. The number of halogens is 1. The molecule has 1 fully saturated rings. The second-order valence-electron chi connectivity index (χ2n) is 9.22. The van der Waals surface area contributed by atoms with Crippen molar-refractivity contribution in [1.82, 2.24) is 15.0 Å². The molecule has 6 heteroatoms. The number of carbonyl (C=O) groups is 1. The second kappa shape index (κ2) is 8.64. The molecular formula is C22H30ClN3O2. The van der Waals surface area contributed by atoms with Gasteiger partial charge < -0.3 is 9.42 Å². The second-order valence-corrected chi connectivity index (χ2v) is 9.65. The predicted molar refractivity (Wildman–Crippen MR) is 111 cm³/mol. The molecule has 0 saturated carbocycles. The van der Waals surface area contributed by atoms with Crippen LogP contribution in [-0.4, -0.2) is 34.0 Å². The fraction of sp³-hybridized carbons (Fsp3) is 0.591. The Morgan fingerprint density at radius 3 is 2.71 bits per heavy atom. The van der Waals surface area contributed by atoms with Gasteiger partial charge in [0.1, 0.15) is 0 Å². The zero-order chi connectivity index (χ0) is 20.3. The van der Waals surface area contributed by atoms with Gasteiger partial charge in [-0.1, -0.05) is 44.5 Å². The first-order valence-electron chi connectivity index (χ1n) is 10.1. The lowest BCUT2D eigenvalue weighted by Gasteiger charge is -2.32. The topological polar surface area (TPSA) is 59.2 Å². The molecule has 1 saturated heterocycles.